The summed E-state index contributed by atoms with van der Waals surface area (Å²) in [5.74, 6) is -0.458. The molecular weight excluding hydrogens is 262 g/mol. The van der Waals surface area contributed by atoms with Crippen LogP contribution in [-0.2, 0) is 4.79 Å². The summed E-state index contributed by atoms with van der Waals surface area (Å²) < 4.78 is 0. The Morgan fingerprint density at radius 3 is 2.50 bits per heavy atom. The van der Waals surface area contributed by atoms with Crippen LogP contribution < -0.4 is 16.4 Å². The van der Waals surface area contributed by atoms with Crippen molar-refractivity contribution in [2.45, 2.75) is 18.4 Å². The van der Waals surface area contributed by atoms with Crippen molar-refractivity contribution >= 4 is 23.5 Å². The number of nitrogen functional groups attached to an aromatic ring is 1. The number of nitrogens with one attached hydrogen (secondary N) is 3. The van der Waals surface area contributed by atoms with Crippen LogP contribution in [0.1, 0.15) is 23.3 Å². The number of likely N-dealkylation sites (tertiary alicyclic amines) is 1. The highest BCUT2D eigenvalue weighted by molar-refractivity contribution is 6.07. The van der Waals surface area contributed by atoms with Crippen molar-refractivity contribution in [2.24, 2.45) is 0 Å². The van der Waals surface area contributed by atoms with Crippen molar-refractivity contribution in [1.29, 1.82) is 0 Å². The topological polar surface area (TPSA) is 120 Å². The summed E-state index contributed by atoms with van der Waals surface area (Å²) in [6, 6.07) is 1.11. The van der Waals surface area contributed by atoms with Gasteiger partial charge in [-0.25, -0.2) is 4.79 Å². The maximum Gasteiger partial charge on any atom is 0.322 e. The summed E-state index contributed by atoms with van der Waals surface area (Å²) in [5, 5.41) is 4.90. The predicted molar refractivity (Wildman–Crippen MR) is 69.7 cm³/mol. The number of carbonyl (C=O) groups excluding carboxylic acids is 3. The molecule has 0 bridgehead atoms. The van der Waals surface area contributed by atoms with Gasteiger partial charge in [-0.1, -0.05) is 0 Å². The third-order valence-corrected chi connectivity index (χ3v) is 3.85. The minimum absolute atomic E-state index is 0.152. The molecule has 0 radical (unpaired) electrons. The highest BCUT2D eigenvalue weighted by atomic mass is 16.2. The van der Waals surface area contributed by atoms with E-state index >= 15 is 0 Å². The molecule has 1 aromatic rings. The van der Waals surface area contributed by atoms with E-state index in [0.717, 1.165) is 0 Å². The van der Waals surface area contributed by atoms with Crippen LogP contribution in [0.3, 0.4) is 0 Å². The maximum atomic E-state index is 12.2. The van der Waals surface area contributed by atoms with E-state index in [2.05, 4.69) is 15.6 Å². The number of piperidine rings is 1. The van der Waals surface area contributed by atoms with E-state index in [1.165, 1.54) is 0 Å². The van der Waals surface area contributed by atoms with E-state index in [1.807, 2.05) is 0 Å². The Balaban J connectivity index is 1.68. The maximum absolute atomic E-state index is 12.2. The monoisotopic (exact) mass is 277 g/mol. The summed E-state index contributed by atoms with van der Waals surface area (Å²) in [7, 11) is 0. The molecule has 0 unspecified atom stereocenters. The first-order valence-electron chi connectivity index (χ1n) is 6.37. The Kier molecular flexibility index (Phi) is 2.66. The summed E-state index contributed by atoms with van der Waals surface area (Å²) in [6.45, 7) is 0.816. The molecule has 20 heavy (non-hydrogen) atoms. The minimum Gasteiger partial charge on any atom is -0.397 e. The van der Waals surface area contributed by atoms with E-state index in [1.54, 1.807) is 17.2 Å². The van der Waals surface area contributed by atoms with Gasteiger partial charge in [-0.3, -0.25) is 14.9 Å². The number of nitrogens with zero attached hydrogens (tertiary/aromatic N) is 1. The third-order valence-electron chi connectivity index (χ3n) is 3.85. The van der Waals surface area contributed by atoms with E-state index < -0.39 is 11.6 Å². The number of anilines is 1. The first-order chi connectivity index (χ1) is 9.50. The molecule has 4 amide bonds. The Morgan fingerprint density at radius 1 is 1.30 bits per heavy atom. The fourth-order valence-electron chi connectivity index (χ4n) is 2.68. The Bertz CT molecular complexity index is 586. The fraction of sp³-hybridized carbons (Fsp3) is 0.417. The van der Waals surface area contributed by atoms with Gasteiger partial charge in [-0.15, -0.1) is 0 Å². The molecule has 5 N–H and O–H groups in total. The molecule has 106 valence electrons. The molecule has 0 saturated carbocycles. The van der Waals surface area contributed by atoms with Gasteiger partial charge in [0, 0.05) is 25.0 Å². The number of H-pyrrole nitrogens is 1. The Morgan fingerprint density at radius 2 is 2.00 bits per heavy atom. The summed E-state index contributed by atoms with van der Waals surface area (Å²) in [6.07, 6.45) is 2.38. The Labute approximate surface area is 114 Å². The molecule has 2 saturated heterocycles. The van der Waals surface area contributed by atoms with Gasteiger partial charge in [0.05, 0.1) is 0 Å². The van der Waals surface area contributed by atoms with Gasteiger partial charge < -0.3 is 20.9 Å². The van der Waals surface area contributed by atoms with Crippen LogP contribution in [0.2, 0.25) is 0 Å². The lowest BCUT2D eigenvalue weighted by Gasteiger charge is -2.36. The van der Waals surface area contributed by atoms with Crippen LogP contribution in [0.25, 0.3) is 0 Å². The number of amides is 4. The third kappa shape index (κ3) is 1.89. The van der Waals surface area contributed by atoms with Crippen LogP contribution in [0, 0.1) is 0 Å². The number of aromatic amines is 1. The van der Waals surface area contributed by atoms with Gasteiger partial charge in [-0.05, 0) is 18.9 Å². The van der Waals surface area contributed by atoms with Crippen LogP contribution in [0.5, 0.6) is 0 Å². The van der Waals surface area contributed by atoms with Crippen molar-refractivity contribution in [3.63, 3.8) is 0 Å². The standard InChI is InChI=1S/C12H15N5O3/c13-7-5-8(14-6-7)9(18)17-3-1-12(2-4-17)10(19)15-11(20)16-12/h5-6,14H,1-4,13H2,(H2,15,16,19,20). The minimum atomic E-state index is -0.859. The molecule has 0 atom stereocenters. The molecule has 0 aliphatic carbocycles. The van der Waals surface area contributed by atoms with Gasteiger partial charge in [0.15, 0.2) is 0 Å². The molecule has 8 heteroatoms. The van der Waals surface area contributed by atoms with Gasteiger partial charge in [-0.2, -0.15) is 0 Å². The number of aromatic nitrogens is 1. The first-order valence-corrected chi connectivity index (χ1v) is 6.37. The number of nitrogens with two attached hydrogens (primary N) is 1. The van der Waals surface area contributed by atoms with Crippen LogP contribution in [-0.4, -0.2) is 46.4 Å². The summed E-state index contributed by atoms with van der Waals surface area (Å²) >= 11 is 0. The molecule has 2 fully saturated rings. The SMILES string of the molecule is Nc1c[nH]c(C(=O)N2CCC3(CC2)NC(=O)NC3=O)c1. The number of imide groups is 1. The van der Waals surface area contributed by atoms with Crippen molar-refractivity contribution in [1.82, 2.24) is 20.5 Å². The van der Waals surface area contributed by atoms with Crippen LogP contribution in [0.15, 0.2) is 12.3 Å². The average Bonchev–Trinajstić information content (AvgIpc) is 2.95. The average molecular weight is 277 g/mol. The van der Waals surface area contributed by atoms with E-state index in [0.29, 0.717) is 37.3 Å². The summed E-state index contributed by atoms with van der Waals surface area (Å²) in [4.78, 5) is 39.7. The second kappa shape index (κ2) is 4.26. The molecule has 8 nitrogen and oxygen atoms in total. The largest absolute Gasteiger partial charge is 0.397 e. The smallest absolute Gasteiger partial charge is 0.322 e. The van der Waals surface area contributed by atoms with Gasteiger partial charge in [0.25, 0.3) is 11.8 Å². The summed E-state index contributed by atoms with van der Waals surface area (Å²) in [5.41, 5.74) is 5.65. The zero-order valence-corrected chi connectivity index (χ0v) is 10.7. The predicted octanol–water partition coefficient (Wildman–Crippen LogP) is -0.589. The quantitative estimate of drug-likeness (QED) is 0.513. The second-order valence-corrected chi connectivity index (χ2v) is 5.13. The van der Waals surface area contributed by atoms with E-state index in [-0.39, 0.29) is 11.8 Å². The number of urea groups is 1. The number of hydrogen-bond donors (Lipinski definition) is 4. The molecule has 1 aromatic heterocycles. The highest BCUT2D eigenvalue weighted by Crippen LogP contribution is 2.26. The number of rotatable bonds is 1. The van der Waals surface area contributed by atoms with Gasteiger partial charge >= 0.3 is 6.03 Å². The molecule has 2 aliphatic heterocycles. The second-order valence-electron chi connectivity index (χ2n) is 5.13. The molecule has 3 heterocycles. The first kappa shape index (κ1) is 12.5. The number of carbonyl (C=O) groups is 3. The lowest BCUT2D eigenvalue weighted by atomic mass is 9.87. The molecular formula is C12H15N5O3. The molecule has 3 rings (SSSR count). The fourth-order valence-corrected chi connectivity index (χ4v) is 2.68. The lowest BCUT2D eigenvalue weighted by molar-refractivity contribution is -0.125. The molecule has 0 aromatic carbocycles. The molecule has 2 aliphatic rings. The normalized spacial score (nSPS) is 20.9. The van der Waals surface area contributed by atoms with Crippen molar-refractivity contribution in [3.8, 4) is 0 Å². The van der Waals surface area contributed by atoms with Crippen LogP contribution in [0.4, 0.5) is 10.5 Å². The van der Waals surface area contributed by atoms with Crippen molar-refractivity contribution in [3.05, 3.63) is 18.0 Å². The number of hydrogen-bond acceptors (Lipinski definition) is 4. The lowest BCUT2D eigenvalue weighted by Crippen LogP contribution is -2.55. The zero-order valence-electron chi connectivity index (χ0n) is 10.7. The zero-order chi connectivity index (χ0) is 14.3. The van der Waals surface area contributed by atoms with Crippen LogP contribution >= 0.6 is 0 Å². The van der Waals surface area contributed by atoms with Gasteiger partial charge in [0.2, 0.25) is 0 Å². The highest BCUT2D eigenvalue weighted by Gasteiger charge is 2.48. The van der Waals surface area contributed by atoms with E-state index in [4.69, 9.17) is 5.73 Å². The van der Waals surface area contributed by atoms with Crippen molar-refractivity contribution in [2.75, 3.05) is 18.8 Å². The van der Waals surface area contributed by atoms with Crippen molar-refractivity contribution < 1.29 is 14.4 Å². The van der Waals surface area contributed by atoms with Gasteiger partial charge in [0.1, 0.15) is 11.2 Å². The Hall–Kier alpha value is -2.51. The van der Waals surface area contributed by atoms with E-state index in [9.17, 15) is 14.4 Å². The molecule has 1 spiro atoms.